The number of rotatable bonds is 4. The van der Waals surface area contributed by atoms with E-state index in [1.54, 1.807) is 17.4 Å². The first-order chi connectivity index (χ1) is 8.33. The van der Waals surface area contributed by atoms with Crippen LogP contribution in [0.1, 0.15) is 39.8 Å². The maximum Gasteiger partial charge on any atom is 0.341 e. The van der Waals surface area contributed by atoms with E-state index < -0.39 is 0 Å². The number of carbonyl (C=O) groups is 1. The van der Waals surface area contributed by atoms with E-state index >= 15 is 0 Å². The third kappa shape index (κ3) is 2.39. The van der Waals surface area contributed by atoms with E-state index in [0.717, 1.165) is 10.7 Å². The van der Waals surface area contributed by atoms with Crippen LogP contribution in [0, 0.1) is 0 Å². The molecule has 0 saturated heterocycles. The molecule has 0 spiro atoms. The van der Waals surface area contributed by atoms with Crippen molar-refractivity contribution in [2.75, 3.05) is 0 Å². The Morgan fingerprint density at radius 2 is 2.47 bits per heavy atom. The molecule has 1 fully saturated rings. The Hall–Kier alpha value is -1.62. The second kappa shape index (κ2) is 4.33. The minimum absolute atomic E-state index is 0.237. The molecule has 0 radical (unpaired) electrons. The summed E-state index contributed by atoms with van der Waals surface area (Å²) < 4.78 is 9.95. The van der Waals surface area contributed by atoms with Crippen LogP contribution in [-0.2, 0) is 11.3 Å². The number of hydrogen-bond acceptors (Lipinski definition) is 5. The first-order valence-corrected chi connectivity index (χ1v) is 6.34. The highest BCUT2D eigenvalue weighted by molar-refractivity contribution is 7.09. The van der Waals surface area contributed by atoms with Crippen molar-refractivity contribution in [2.24, 2.45) is 0 Å². The lowest BCUT2D eigenvalue weighted by atomic mass is 10.3. The number of furan rings is 1. The minimum atomic E-state index is -0.373. The number of aromatic nitrogens is 1. The Morgan fingerprint density at radius 1 is 1.59 bits per heavy atom. The molecule has 88 valence electrons. The third-order valence-corrected chi connectivity index (χ3v) is 3.49. The molecule has 0 N–H and O–H groups in total. The predicted octanol–water partition coefficient (Wildman–Crippen LogP) is 2.97. The number of ether oxygens (including phenoxy) is 1. The van der Waals surface area contributed by atoms with Crippen molar-refractivity contribution in [1.29, 1.82) is 0 Å². The fourth-order valence-electron chi connectivity index (χ4n) is 1.55. The van der Waals surface area contributed by atoms with E-state index in [0.29, 0.717) is 11.5 Å². The van der Waals surface area contributed by atoms with Crippen LogP contribution in [-0.4, -0.2) is 11.0 Å². The zero-order chi connectivity index (χ0) is 11.7. The molecule has 0 bridgehead atoms. The Bertz CT molecular complexity index is 514. The van der Waals surface area contributed by atoms with Crippen molar-refractivity contribution in [1.82, 2.24) is 4.98 Å². The van der Waals surface area contributed by atoms with Gasteiger partial charge in [-0.05, 0) is 18.9 Å². The largest absolute Gasteiger partial charge is 0.472 e. The van der Waals surface area contributed by atoms with Gasteiger partial charge in [0, 0.05) is 11.3 Å². The summed E-state index contributed by atoms with van der Waals surface area (Å²) in [6.07, 6.45) is 5.29. The van der Waals surface area contributed by atoms with E-state index in [-0.39, 0.29) is 12.6 Å². The molecule has 3 rings (SSSR count). The Kier molecular flexibility index (Phi) is 2.68. The summed E-state index contributed by atoms with van der Waals surface area (Å²) in [5, 5.41) is 2.90. The number of nitrogens with zero attached hydrogens (tertiary/aromatic N) is 1. The molecule has 17 heavy (non-hydrogen) atoms. The summed E-state index contributed by atoms with van der Waals surface area (Å²) >= 11 is 1.55. The summed E-state index contributed by atoms with van der Waals surface area (Å²) in [4.78, 5) is 16.0. The summed E-state index contributed by atoms with van der Waals surface area (Å²) in [5.74, 6) is 0.270. The van der Waals surface area contributed by atoms with Crippen molar-refractivity contribution < 1.29 is 13.9 Å². The average Bonchev–Trinajstić information content (AvgIpc) is 2.88. The molecule has 4 nitrogen and oxygen atoms in total. The lowest BCUT2D eigenvalue weighted by Crippen LogP contribution is -2.03. The third-order valence-electron chi connectivity index (χ3n) is 2.65. The lowest BCUT2D eigenvalue weighted by molar-refractivity contribution is 0.0471. The Morgan fingerprint density at radius 3 is 3.18 bits per heavy atom. The van der Waals surface area contributed by atoms with Gasteiger partial charge >= 0.3 is 5.97 Å². The molecule has 0 atom stereocenters. The standard InChI is InChI=1S/C12H11NO3S/c14-12(9-3-4-15-5-9)16-6-11-13-10(7-17-11)8-1-2-8/h3-5,7-8H,1-2,6H2. The number of thiazole rings is 1. The van der Waals surface area contributed by atoms with Gasteiger partial charge in [0.15, 0.2) is 0 Å². The summed E-state index contributed by atoms with van der Waals surface area (Å²) in [6, 6.07) is 1.58. The first-order valence-electron chi connectivity index (χ1n) is 5.46. The molecule has 0 aliphatic heterocycles. The zero-order valence-electron chi connectivity index (χ0n) is 9.09. The maximum absolute atomic E-state index is 11.5. The molecule has 2 aromatic rings. The van der Waals surface area contributed by atoms with E-state index in [1.165, 1.54) is 25.4 Å². The highest BCUT2D eigenvalue weighted by Gasteiger charge is 2.26. The van der Waals surface area contributed by atoms with Crippen LogP contribution in [0.2, 0.25) is 0 Å². The van der Waals surface area contributed by atoms with Gasteiger partial charge in [-0.25, -0.2) is 9.78 Å². The Labute approximate surface area is 102 Å². The minimum Gasteiger partial charge on any atom is -0.472 e. The van der Waals surface area contributed by atoms with Gasteiger partial charge in [0.2, 0.25) is 0 Å². The molecule has 1 aliphatic carbocycles. The predicted molar refractivity (Wildman–Crippen MR) is 61.9 cm³/mol. The van der Waals surface area contributed by atoms with Crippen molar-refractivity contribution in [3.8, 4) is 0 Å². The summed E-state index contributed by atoms with van der Waals surface area (Å²) in [5.41, 5.74) is 1.58. The number of hydrogen-bond donors (Lipinski definition) is 0. The van der Waals surface area contributed by atoms with Crippen LogP contribution < -0.4 is 0 Å². The average molecular weight is 249 g/mol. The van der Waals surface area contributed by atoms with Crippen LogP contribution in [0.4, 0.5) is 0 Å². The van der Waals surface area contributed by atoms with Crippen molar-refractivity contribution in [3.63, 3.8) is 0 Å². The van der Waals surface area contributed by atoms with Crippen LogP contribution in [0.5, 0.6) is 0 Å². The SMILES string of the molecule is O=C(OCc1nc(C2CC2)cs1)c1ccoc1. The van der Waals surface area contributed by atoms with Crippen molar-refractivity contribution in [2.45, 2.75) is 25.4 Å². The highest BCUT2D eigenvalue weighted by atomic mass is 32.1. The van der Waals surface area contributed by atoms with Gasteiger partial charge in [-0.1, -0.05) is 0 Å². The molecule has 5 heteroatoms. The molecule has 1 saturated carbocycles. The van der Waals surface area contributed by atoms with E-state index in [9.17, 15) is 4.79 Å². The van der Waals surface area contributed by atoms with E-state index in [1.807, 2.05) is 0 Å². The molecule has 0 aromatic carbocycles. The van der Waals surface area contributed by atoms with Gasteiger partial charge in [-0.3, -0.25) is 0 Å². The maximum atomic E-state index is 11.5. The first kappa shape index (κ1) is 10.5. The fraction of sp³-hybridized carbons (Fsp3) is 0.333. The second-order valence-electron chi connectivity index (χ2n) is 4.03. The van der Waals surface area contributed by atoms with Gasteiger partial charge in [0.25, 0.3) is 0 Å². The summed E-state index contributed by atoms with van der Waals surface area (Å²) in [7, 11) is 0. The lowest BCUT2D eigenvalue weighted by Gasteiger charge is -1.99. The van der Waals surface area contributed by atoms with Crippen LogP contribution in [0.25, 0.3) is 0 Å². The Balaban J connectivity index is 1.58. The summed E-state index contributed by atoms with van der Waals surface area (Å²) in [6.45, 7) is 0.237. The van der Waals surface area contributed by atoms with Crippen LogP contribution >= 0.6 is 11.3 Å². The van der Waals surface area contributed by atoms with Gasteiger partial charge in [0.1, 0.15) is 17.9 Å². The zero-order valence-corrected chi connectivity index (χ0v) is 9.90. The van der Waals surface area contributed by atoms with Gasteiger partial charge in [0.05, 0.1) is 17.5 Å². The van der Waals surface area contributed by atoms with Crippen LogP contribution in [0.15, 0.2) is 28.4 Å². The number of esters is 1. The van der Waals surface area contributed by atoms with Gasteiger partial charge in [-0.2, -0.15) is 0 Å². The van der Waals surface area contributed by atoms with Crippen LogP contribution in [0.3, 0.4) is 0 Å². The van der Waals surface area contributed by atoms with Crippen molar-refractivity contribution in [3.05, 3.63) is 40.2 Å². The smallest absolute Gasteiger partial charge is 0.341 e. The monoisotopic (exact) mass is 249 g/mol. The molecule has 0 amide bonds. The molecule has 2 heterocycles. The topological polar surface area (TPSA) is 52.3 Å². The normalized spacial score (nSPS) is 14.8. The second-order valence-corrected chi connectivity index (χ2v) is 4.97. The molecule has 2 aromatic heterocycles. The van der Waals surface area contributed by atoms with Gasteiger partial charge in [-0.15, -0.1) is 11.3 Å². The van der Waals surface area contributed by atoms with E-state index in [4.69, 9.17) is 9.15 Å². The van der Waals surface area contributed by atoms with Crippen molar-refractivity contribution >= 4 is 17.3 Å². The molecular weight excluding hydrogens is 238 g/mol. The highest BCUT2D eigenvalue weighted by Crippen LogP contribution is 2.40. The molecule has 1 aliphatic rings. The van der Waals surface area contributed by atoms with Gasteiger partial charge < -0.3 is 9.15 Å². The fourth-order valence-corrected chi connectivity index (χ4v) is 2.34. The molecule has 0 unspecified atom stereocenters. The number of carbonyl (C=O) groups excluding carboxylic acids is 1. The van der Waals surface area contributed by atoms with E-state index in [2.05, 4.69) is 10.4 Å². The quantitative estimate of drug-likeness (QED) is 0.782. The molecular formula is C12H11NO3S.